The maximum Gasteiger partial charge on any atom is 0.462 e. The van der Waals surface area contributed by atoms with E-state index in [-0.39, 0.29) is 0 Å². The summed E-state index contributed by atoms with van der Waals surface area (Å²) in [4.78, 5) is 9.07. The molecule has 0 aromatic carbocycles. The van der Waals surface area contributed by atoms with Crippen LogP contribution in [0.25, 0.3) is 0 Å². The summed E-state index contributed by atoms with van der Waals surface area (Å²) < 4.78 is 9.06. The second-order valence-corrected chi connectivity index (χ2v) is 1.04. The lowest BCUT2D eigenvalue weighted by molar-refractivity contribution is 0.218. The van der Waals surface area contributed by atoms with E-state index < -0.39 is 15.0 Å². The molecule has 0 heterocycles. The molecule has 0 amide bonds. The van der Waals surface area contributed by atoms with Crippen molar-refractivity contribution in [1.29, 1.82) is 0 Å². The average Bonchev–Trinajstić information content (AvgIpc) is 1.38. The van der Waals surface area contributed by atoms with Crippen LogP contribution < -0.4 is 0 Å². The molecule has 0 saturated heterocycles. The maximum absolute atomic E-state index is 9.07. The smallest absolute Gasteiger partial charge is 0.462 e. The third kappa shape index (κ3) is 3.49. The van der Waals surface area contributed by atoms with E-state index in [0.29, 0.717) is 0 Å². The molecule has 1 radical (unpaired) electrons. The molecule has 0 aliphatic heterocycles. The first-order valence-corrected chi connectivity index (χ1v) is 1.79. The van der Waals surface area contributed by atoms with Crippen molar-refractivity contribution in [1.82, 2.24) is 0 Å². The Morgan fingerprint density at radius 3 is 2.00 bits per heavy atom. The molecule has 5 heavy (non-hydrogen) atoms. The number of rotatable bonds is 1. The fourth-order valence-electron chi connectivity index (χ4n) is 0. The largest absolute Gasteiger partial charge is 0.480 e. The molecule has 0 bridgehead atoms. The summed E-state index contributed by atoms with van der Waals surface area (Å²) in [6.45, 7) is 0. The highest BCUT2D eigenvalue weighted by Gasteiger charge is 1.86. The van der Waals surface area contributed by atoms with Crippen molar-refractivity contribution < 1.29 is 14.4 Å². The van der Waals surface area contributed by atoms with Crippen LogP contribution in [0.15, 0.2) is 0 Å². The van der Waals surface area contributed by atoms with Crippen molar-refractivity contribution in [2.75, 3.05) is 0 Å². The summed E-state index contributed by atoms with van der Waals surface area (Å²) in [6, 6.07) is 0. The predicted octanol–water partition coefficient (Wildman–Crippen LogP) is -0.286. The number of hydrogen-bond acceptors (Lipinski definition) is 2. The normalized spacial score (nSPS) is 6.40. The zero-order valence-electron chi connectivity index (χ0n) is 2.26. The van der Waals surface area contributed by atoms with Gasteiger partial charge in [0, 0.05) is 0 Å². The predicted molar refractivity (Wildman–Crippen MR) is 14.5 cm³/mol. The Bertz CT molecular complexity index is 57.9. The van der Waals surface area contributed by atoms with Gasteiger partial charge in [-0.1, -0.05) is 0 Å². The minimum Gasteiger partial charge on any atom is -0.480 e. The van der Waals surface area contributed by atoms with Gasteiger partial charge in [-0.3, -0.25) is 4.79 Å². The first kappa shape index (κ1) is 4.49. The van der Waals surface area contributed by atoms with E-state index in [9.17, 15) is 0 Å². The van der Waals surface area contributed by atoms with Gasteiger partial charge in [-0.05, 0) is 0 Å². The van der Waals surface area contributed by atoms with Gasteiger partial charge in [0.25, 0.3) is 0 Å². The summed E-state index contributed by atoms with van der Waals surface area (Å²) in [7, 11) is -1.22. The van der Waals surface area contributed by atoms with E-state index in [4.69, 9.17) is 14.4 Å². The number of hydrogen-bond donors (Lipinski definition) is 1. The molecular weight excluding hydrogens is 88.1 g/mol. The van der Waals surface area contributed by atoms with Crippen LogP contribution in [0.3, 0.4) is 0 Å². The van der Waals surface area contributed by atoms with Crippen LogP contribution in [0.4, 0.5) is 4.79 Å². The Hall–Kier alpha value is -0.513. The van der Waals surface area contributed by atoms with Gasteiger partial charge in [0.15, 0.2) is 0 Å². The molecule has 0 rings (SSSR count). The molecule has 1 N–H and O–H groups in total. The summed E-state index contributed by atoms with van der Waals surface area (Å²) in [6.07, 6.45) is 0. The van der Waals surface area contributed by atoms with Crippen molar-refractivity contribution in [3.05, 3.63) is 0 Å². The van der Waals surface area contributed by atoms with Crippen molar-refractivity contribution in [2.24, 2.45) is 0 Å². The Morgan fingerprint density at radius 1 is 1.80 bits per heavy atom. The van der Waals surface area contributed by atoms with Gasteiger partial charge < -0.3 is 9.57 Å². The average molecular weight is 89.1 g/mol. The van der Waals surface area contributed by atoms with E-state index in [1.165, 1.54) is 0 Å². The Balaban J connectivity index is 3.20. The number of carbonyl (C=O) groups is 1. The second-order valence-electron chi connectivity index (χ2n) is 0.407. The van der Waals surface area contributed by atoms with Gasteiger partial charge >= 0.3 is 15.0 Å². The fraction of sp³-hybridized carbons (Fsp3) is 0. The lowest BCUT2D eigenvalue weighted by Gasteiger charge is -1.57. The van der Waals surface area contributed by atoms with E-state index in [1.807, 2.05) is 0 Å². The van der Waals surface area contributed by atoms with Crippen LogP contribution in [0.1, 0.15) is 0 Å². The quantitative estimate of drug-likeness (QED) is 0.449. The molecule has 0 aliphatic carbocycles. The summed E-state index contributed by atoms with van der Waals surface area (Å²) in [5.41, 5.74) is -1.27. The molecule has 0 fully saturated rings. The first-order valence-electron chi connectivity index (χ1n) is 0.882. The fourth-order valence-corrected chi connectivity index (χ4v) is 0. The standard InChI is InChI=1S/CHO3Si/c2-1(3)5-4/h(H,2,3). The van der Waals surface area contributed by atoms with Crippen molar-refractivity contribution in [3.63, 3.8) is 0 Å². The molecule has 0 unspecified atom stereocenters. The Kier molecular flexibility index (Phi) is 1.59. The van der Waals surface area contributed by atoms with Crippen LogP contribution in [-0.2, 0) is 4.46 Å². The lowest BCUT2D eigenvalue weighted by atomic mass is 11.6. The van der Waals surface area contributed by atoms with Crippen LogP contribution in [0.2, 0.25) is 0 Å². The monoisotopic (exact) mass is 89.0 g/mol. The van der Waals surface area contributed by atoms with Crippen molar-refractivity contribution in [2.45, 2.75) is 0 Å². The zero-order chi connectivity index (χ0) is 4.28. The molecule has 0 atom stereocenters. The van der Waals surface area contributed by atoms with Crippen LogP contribution in [0.5, 0.6) is 0 Å². The molecule has 0 aromatic rings. The molecular formula is CHO3Si. The van der Waals surface area contributed by atoms with Crippen molar-refractivity contribution >= 4 is 15.0 Å². The minimum atomic E-state index is -1.27. The third-order valence-corrected chi connectivity index (χ3v) is 0.262. The number of carboxylic acid groups (broad SMARTS) is 1. The van der Waals surface area contributed by atoms with E-state index in [2.05, 4.69) is 0 Å². The molecule has 4 heteroatoms. The van der Waals surface area contributed by atoms with E-state index >= 15 is 0 Å². The third-order valence-electron chi connectivity index (χ3n) is 0.0873. The topological polar surface area (TPSA) is 54.4 Å². The second kappa shape index (κ2) is 1.77. The highest BCUT2D eigenvalue weighted by atomic mass is 28.2. The van der Waals surface area contributed by atoms with Gasteiger partial charge in [-0.15, -0.1) is 0 Å². The molecule has 0 aliphatic rings. The van der Waals surface area contributed by atoms with Gasteiger partial charge in [-0.2, -0.15) is 0 Å². The lowest BCUT2D eigenvalue weighted by Crippen LogP contribution is -1.91. The highest BCUT2D eigenvalue weighted by Crippen LogP contribution is 1.46. The zero-order valence-corrected chi connectivity index (χ0v) is 3.26. The van der Waals surface area contributed by atoms with Gasteiger partial charge in [-0.25, -0.2) is 0 Å². The molecule has 0 saturated carbocycles. The molecule has 27 valence electrons. The first-order chi connectivity index (χ1) is 2.27. The Morgan fingerprint density at radius 2 is 2.00 bits per heavy atom. The van der Waals surface area contributed by atoms with Gasteiger partial charge in [0.1, 0.15) is 0 Å². The summed E-state index contributed by atoms with van der Waals surface area (Å²) in [5.74, 6) is 0. The van der Waals surface area contributed by atoms with E-state index in [0.717, 1.165) is 0 Å². The highest BCUT2D eigenvalue weighted by molar-refractivity contribution is 6.59. The molecule has 3 nitrogen and oxygen atoms in total. The minimum absolute atomic E-state index is 1.22. The SMILES string of the molecule is O=[Si]C(=O)O. The van der Waals surface area contributed by atoms with Crippen LogP contribution >= 0.6 is 0 Å². The van der Waals surface area contributed by atoms with Gasteiger partial charge in [0.05, 0.1) is 0 Å². The van der Waals surface area contributed by atoms with Gasteiger partial charge in [0.2, 0.25) is 0 Å². The van der Waals surface area contributed by atoms with Crippen LogP contribution in [-0.4, -0.2) is 20.1 Å². The maximum atomic E-state index is 9.07. The summed E-state index contributed by atoms with van der Waals surface area (Å²) >= 11 is 0. The summed E-state index contributed by atoms with van der Waals surface area (Å²) in [5, 5.41) is 7.42. The van der Waals surface area contributed by atoms with Crippen molar-refractivity contribution in [3.8, 4) is 0 Å². The van der Waals surface area contributed by atoms with E-state index in [1.54, 1.807) is 0 Å². The Labute approximate surface area is 30.5 Å². The van der Waals surface area contributed by atoms with Crippen LogP contribution in [0, 0.1) is 0 Å². The molecule has 0 aromatic heterocycles. The molecule has 0 spiro atoms.